The lowest BCUT2D eigenvalue weighted by atomic mass is 9.99. The van der Waals surface area contributed by atoms with Gasteiger partial charge in [0.05, 0.1) is 31.6 Å². The summed E-state index contributed by atoms with van der Waals surface area (Å²) in [6.07, 6.45) is 1.05. The first-order valence-electron chi connectivity index (χ1n) is 11.8. The molecule has 1 fully saturated rings. The van der Waals surface area contributed by atoms with Crippen LogP contribution in [0.15, 0.2) is 52.4 Å². The van der Waals surface area contributed by atoms with Crippen molar-refractivity contribution in [2.75, 3.05) is 33.9 Å². The molecule has 10 nitrogen and oxygen atoms in total. The number of hydrogen-bond acceptors (Lipinski definition) is 8. The van der Waals surface area contributed by atoms with E-state index in [0.717, 1.165) is 0 Å². The number of hydrogen-bond donors (Lipinski definition) is 0. The van der Waals surface area contributed by atoms with E-state index in [9.17, 15) is 18.0 Å². The first kappa shape index (κ1) is 26.8. The molecule has 0 aliphatic carbocycles. The molecule has 12 heteroatoms. The predicted molar refractivity (Wildman–Crippen MR) is 138 cm³/mol. The van der Waals surface area contributed by atoms with Crippen molar-refractivity contribution in [2.24, 2.45) is 10.9 Å². The fourth-order valence-electron chi connectivity index (χ4n) is 4.31. The number of rotatable bonds is 8. The molecule has 4 rings (SSSR count). The first-order valence-corrected chi connectivity index (χ1v) is 14.1. The van der Waals surface area contributed by atoms with Crippen molar-refractivity contribution < 1.29 is 32.2 Å². The zero-order chi connectivity index (χ0) is 26.6. The molecule has 1 atom stereocenters. The standard InChI is InChI=1S/C25H29N3O7S2/c1-4-35-21(29)16-28-22-19(33-2)12-13-20(34-3)23(22)36-25(28)26-24(30)17-9-8-14-27(15-17)37(31,32)18-10-6-5-7-11-18/h5-7,10-13,17H,4,8-9,14-16H2,1-3H3. The van der Waals surface area contributed by atoms with E-state index >= 15 is 0 Å². The quantitative estimate of drug-likeness (QED) is 0.398. The van der Waals surface area contributed by atoms with Crippen LogP contribution in [0.2, 0.25) is 0 Å². The van der Waals surface area contributed by atoms with Crippen LogP contribution in [-0.4, -0.2) is 63.1 Å². The van der Waals surface area contributed by atoms with Crippen molar-refractivity contribution in [1.82, 2.24) is 8.87 Å². The molecule has 0 spiro atoms. The van der Waals surface area contributed by atoms with Gasteiger partial charge in [-0.1, -0.05) is 29.5 Å². The maximum Gasteiger partial charge on any atom is 0.326 e. The number of benzene rings is 2. The Morgan fingerprint density at radius 3 is 2.46 bits per heavy atom. The number of nitrogens with zero attached hydrogens (tertiary/aromatic N) is 3. The van der Waals surface area contributed by atoms with Gasteiger partial charge in [-0.05, 0) is 44.0 Å². The van der Waals surface area contributed by atoms with E-state index in [0.29, 0.717) is 41.1 Å². The highest BCUT2D eigenvalue weighted by Gasteiger charge is 2.33. The zero-order valence-corrected chi connectivity index (χ0v) is 22.5. The van der Waals surface area contributed by atoms with Crippen LogP contribution in [0.25, 0.3) is 10.2 Å². The number of ether oxygens (including phenoxy) is 3. The molecule has 2 aromatic carbocycles. The maximum absolute atomic E-state index is 13.4. The summed E-state index contributed by atoms with van der Waals surface area (Å²) in [5.41, 5.74) is 0.559. The van der Waals surface area contributed by atoms with Gasteiger partial charge in [-0.15, -0.1) is 0 Å². The largest absolute Gasteiger partial charge is 0.495 e. The van der Waals surface area contributed by atoms with E-state index in [1.165, 1.54) is 29.9 Å². The Morgan fingerprint density at radius 2 is 1.78 bits per heavy atom. The van der Waals surface area contributed by atoms with Crippen LogP contribution in [0.1, 0.15) is 19.8 Å². The van der Waals surface area contributed by atoms with Gasteiger partial charge in [0.25, 0.3) is 5.91 Å². The molecule has 2 heterocycles. The third-order valence-electron chi connectivity index (χ3n) is 6.11. The molecule has 1 aliphatic rings. The second-order valence-electron chi connectivity index (χ2n) is 8.39. The molecule has 1 aliphatic heterocycles. The molecule has 0 bridgehead atoms. The van der Waals surface area contributed by atoms with Gasteiger partial charge in [-0.3, -0.25) is 9.59 Å². The lowest BCUT2D eigenvalue weighted by Gasteiger charge is -2.30. The first-order chi connectivity index (χ1) is 17.8. The maximum atomic E-state index is 13.4. The average Bonchev–Trinajstić information content (AvgIpc) is 3.26. The second-order valence-corrected chi connectivity index (χ2v) is 11.3. The summed E-state index contributed by atoms with van der Waals surface area (Å²) in [5.74, 6) is -0.515. The second kappa shape index (κ2) is 11.4. The van der Waals surface area contributed by atoms with Crippen molar-refractivity contribution in [1.29, 1.82) is 0 Å². The van der Waals surface area contributed by atoms with Gasteiger partial charge in [0.1, 0.15) is 28.3 Å². The summed E-state index contributed by atoms with van der Waals surface area (Å²) in [7, 11) is -0.684. The lowest BCUT2D eigenvalue weighted by molar-refractivity contribution is -0.143. The van der Waals surface area contributed by atoms with Crippen molar-refractivity contribution in [3.8, 4) is 11.5 Å². The van der Waals surface area contributed by atoms with Crippen LogP contribution in [-0.2, 0) is 30.9 Å². The summed E-state index contributed by atoms with van der Waals surface area (Å²) < 4.78 is 45.9. The van der Waals surface area contributed by atoms with Gasteiger partial charge in [0, 0.05) is 13.1 Å². The summed E-state index contributed by atoms with van der Waals surface area (Å²) in [6.45, 7) is 2.12. The van der Waals surface area contributed by atoms with Crippen molar-refractivity contribution in [3.05, 3.63) is 47.3 Å². The van der Waals surface area contributed by atoms with Crippen LogP contribution in [0.4, 0.5) is 0 Å². The molecule has 0 radical (unpaired) electrons. The van der Waals surface area contributed by atoms with Crippen LogP contribution in [0.5, 0.6) is 11.5 Å². The van der Waals surface area contributed by atoms with Crippen LogP contribution in [0.3, 0.4) is 0 Å². The highest BCUT2D eigenvalue weighted by molar-refractivity contribution is 7.89. The molecule has 37 heavy (non-hydrogen) atoms. The molecule has 1 saturated heterocycles. The summed E-state index contributed by atoms with van der Waals surface area (Å²) in [4.78, 5) is 30.6. The Hall–Kier alpha value is -3.22. The molecule has 1 amide bonds. The minimum absolute atomic E-state index is 0.0367. The number of sulfonamides is 1. The molecule has 1 aromatic heterocycles. The van der Waals surface area contributed by atoms with Gasteiger partial charge in [-0.2, -0.15) is 9.30 Å². The number of piperidine rings is 1. The third kappa shape index (κ3) is 5.55. The predicted octanol–water partition coefficient (Wildman–Crippen LogP) is 2.81. The van der Waals surface area contributed by atoms with Crippen LogP contribution < -0.4 is 14.3 Å². The number of amides is 1. The fourth-order valence-corrected chi connectivity index (χ4v) is 7.00. The van der Waals surface area contributed by atoms with Gasteiger partial charge >= 0.3 is 5.97 Å². The number of thiazole rings is 1. The zero-order valence-electron chi connectivity index (χ0n) is 20.9. The van der Waals surface area contributed by atoms with Gasteiger partial charge in [0.15, 0.2) is 4.80 Å². The van der Waals surface area contributed by atoms with Gasteiger partial charge in [-0.25, -0.2) is 8.42 Å². The number of aromatic nitrogens is 1. The van der Waals surface area contributed by atoms with Crippen molar-refractivity contribution in [2.45, 2.75) is 31.2 Å². The number of carbonyl (C=O) groups is 2. The molecule has 1 unspecified atom stereocenters. The minimum Gasteiger partial charge on any atom is -0.495 e. The van der Waals surface area contributed by atoms with E-state index in [4.69, 9.17) is 14.2 Å². The highest BCUT2D eigenvalue weighted by Crippen LogP contribution is 2.35. The average molecular weight is 548 g/mol. The molecular weight excluding hydrogens is 518 g/mol. The molecule has 3 aromatic rings. The molecule has 0 N–H and O–H groups in total. The van der Waals surface area contributed by atoms with Gasteiger partial charge < -0.3 is 18.8 Å². The number of methoxy groups -OCH3 is 2. The molecular formula is C25H29N3O7S2. The Morgan fingerprint density at radius 1 is 1.08 bits per heavy atom. The van der Waals surface area contributed by atoms with Crippen LogP contribution >= 0.6 is 11.3 Å². The fraction of sp³-hybridized carbons (Fsp3) is 0.400. The Bertz CT molecular complexity index is 1460. The SMILES string of the molecule is CCOC(=O)Cn1c(=NC(=O)C2CCCN(S(=O)(=O)c3ccccc3)C2)sc2c(OC)ccc(OC)c21. The summed E-state index contributed by atoms with van der Waals surface area (Å²) in [6, 6.07) is 11.6. The van der Waals surface area contributed by atoms with Crippen LogP contribution in [0, 0.1) is 5.92 Å². The van der Waals surface area contributed by atoms with E-state index in [1.807, 2.05) is 0 Å². The monoisotopic (exact) mass is 547 g/mol. The van der Waals surface area contributed by atoms with E-state index in [2.05, 4.69) is 4.99 Å². The summed E-state index contributed by atoms with van der Waals surface area (Å²) in [5, 5.41) is 0. The van der Waals surface area contributed by atoms with Crippen molar-refractivity contribution >= 4 is 43.5 Å². The lowest BCUT2D eigenvalue weighted by Crippen LogP contribution is -2.42. The number of carbonyl (C=O) groups excluding carboxylic acids is 2. The Kier molecular flexibility index (Phi) is 8.30. The Labute approximate surface area is 219 Å². The topological polar surface area (TPSA) is 116 Å². The van der Waals surface area contributed by atoms with E-state index < -0.39 is 27.8 Å². The number of esters is 1. The smallest absolute Gasteiger partial charge is 0.326 e. The van der Waals surface area contributed by atoms with Gasteiger partial charge in [0.2, 0.25) is 10.0 Å². The van der Waals surface area contributed by atoms with Crippen molar-refractivity contribution in [3.63, 3.8) is 0 Å². The highest BCUT2D eigenvalue weighted by atomic mass is 32.2. The molecule has 198 valence electrons. The third-order valence-corrected chi connectivity index (χ3v) is 9.08. The van der Waals surface area contributed by atoms with E-state index in [-0.39, 0.29) is 29.4 Å². The molecule has 0 saturated carbocycles. The Balaban J connectivity index is 1.73. The normalized spacial score (nSPS) is 17.1. The summed E-state index contributed by atoms with van der Waals surface area (Å²) >= 11 is 1.19. The van der Waals surface area contributed by atoms with E-state index in [1.54, 1.807) is 54.0 Å². The number of fused-ring (bicyclic) bond motifs is 1. The minimum atomic E-state index is -3.73.